The minimum Gasteiger partial charge on any atom is -0.510 e. The van der Waals surface area contributed by atoms with Gasteiger partial charge in [-0.1, -0.05) is 18.2 Å². The Morgan fingerprint density at radius 3 is 2.61 bits per heavy atom. The molecule has 96 valence electrons. The van der Waals surface area contributed by atoms with Crippen LogP contribution < -0.4 is 0 Å². The zero-order valence-corrected chi connectivity index (χ0v) is 10.7. The summed E-state index contributed by atoms with van der Waals surface area (Å²) < 4.78 is 4.77. The molecule has 0 saturated carbocycles. The number of rotatable bonds is 4. The maximum Gasteiger partial charge on any atom is 0.362 e. The second-order valence-corrected chi connectivity index (χ2v) is 3.64. The van der Waals surface area contributed by atoms with E-state index in [1.165, 1.54) is 6.92 Å². The fraction of sp³-hybridized carbons (Fsp3) is 0.308. The molecule has 5 heteroatoms. The van der Waals surface area contributed by atoms with Gasteiger partial charge in [-0.25, -0.2) is 4.79 Å². The average molecular weight is 248 g/mol. The highest BCUT2D eigenvalue weighted by Gasteiger charge is 2.13. The molecule has 0 aliphatic carbocycles. The van der Waals surface area contributed by atoms with Crippen molar-refractivity contribution in [2.24, 2.45) is 10.2 Å². The smallest absolute Gasteiger partial charge is 0.362 e. The lowest BCUT2D eigenvalue weighted by Crippen LogP contribution is -2.07. The summed E-state index contributed by atoms with van der Waals surface area (Å²) in [5, 5.41) is 17.1. The van der Waals surface area contributed by atoms with Crippen LogP contribution in [0.5, 0.6) is 0 Å². The van der Waals surface area contributed by atoms with Gasteiger partial charge < -0.3 is 9.84 Å². The number of aliphatic hydroxyl groups excluding tert-OH is 1. The lowest BCUT2D eigenvalue weighted by Gasteiger charge is -2.02. The Hall–Kier alpha value is -2.17. The van der Waals surface area contributed by atoms with Crippen LogP contribution in [-0.2, 0) is 9.53 Å². The van der Waals surface area contributed by atoms with Crippen LogP contribution in [-0.4, -0.2) is 17.7 Å². The second kappa shape index (κ2) is 6.54. The van der Waals surface area contributed by atoms with Gasteiger partial charge in [-0.05, 0) is 32.4 Å². The third kappa shape index (κ3) is 3.69. The van der Waals surface area contributed by atoms with Crippen molar-refractivity contribution >= 4 is 11.7 Å². The van der Waals surface area contributed by atoms with Crippen LogP contribution in [0.3, 0.4) is 0 Å². The van der Waals surface area contributed by atoms with Gasteiger partial charge in [0.15, 0.2) is 0 Å². The van der Waals surface area contributed by atoms with Gasteiger partial charge in [-0.3, -0.25) is 0 Å². The lowest BCUT2D eigenvalue weighted by atomic mass is 10.2. The minimum absolute atomic E-state index is 0.180. The Kier molecular flexibility index (Phi) is 5.05. The van der Waals surface area contributed by atoms with E-state index < -0.39 is 5.97 Å². The highest BCUT2D eigenvalue weighted by atomic mass is 16.5. The van der Waals surface area contributed by atoms with Crippen molar-refractivity contribution < 1.29 is 14.6 Å². The van der Waals surface area contributed by atoms with E-state index in [2.05, 4.69) is 10.2 Å². The molecule has 0 aliphatic heterocycles. The van der Waals surface area contributed by atoms with E-state index in [9.17, 15) is 9.90 Å². The summed E-state index contributed by atoms with van der Waals surface area (Å²) in [5.41, 5.74) is 1.39. The maximum absolute atomic E-state index is 11.5. The van der Waals surface area contributed by atoms with Crippen LogP contribution in [0.4, 0.5) is 5.69 Å². The normalized spacial score (nSPS) is 12.4. The van der Waals surface area contributed by atoms with Gasteiger partial charge in [0.1, 0.15) is 5.76 Å². The molecule has 0 fully saturated rings. The van der Waals surface area contributed by atoms with E-state index in [0.717, 1.165) is 5.56 Å². The van der Waals surface area contributed by atoms with Crippen LogP contribution in [0.15, 0.2) is 46.0 Å². The number of ether oxygens (including phenoxy) is 1. The molecule has 5 nitrogen and oxygen atoms in total. The number of hydrogen-bond donors (Lipinski definition) is 1. The summed E-state index contributed by atoms with van der Waals surface area (Å²) in [7, 11) is 0. The molecular formula is C13H16N2O3. The van der Waals surface area contributed by atoms with Gasteiger partial charge in [0.25, 0.3) is 0 Å². The molecule has 0 radical (unpaired) electrons. The first kappa shape index (κ1) is 13.9. The Balaban J connectivity index is 2.96. The number of aliphatic hydroxyl groups is 1. The van der Waals surface area contributed by atoms with E-state index in [1.54, 1.807) is 13.0 Å². The van der Waals surface area contributed by atoms with Crippen molar-refractivity contribution in [3.05, 3.63) is 41.3 Å². The monoisotopic (exact) mass is 248 g/mol. The molecule has 0 bridgehead atoms. The minimum atomic E-state index is -0.685. The topological polar surface area (TPSA) is 71.2 Å². The number of carbonyl (C=O) groups is 1. The summed E-state index contributed by atoms with van der Waals surface area (Å²) in [5.74, 6) is -0.902. The molecule has 0 saturated heterocycles. The number of allylic oxidation sites excluding steroid dienone is 1. The van der Waals surface area contributed by atoms with Gasteiger partial charge in [0, 0.05) is 0 Å². The van der Waals surface area contributed by atoms with Crippen molar-refractivity contribution in [2.75, 3.05) is 6.61 Å². The average Bonchev–Trinajstić information content (AvgIpc) is 2.31. The van der Waals surface area contributed by atoms with Gasteiger partial charge in [0.2, 0.25) is 5.70 Å². The SMILES string of the molecule is CCOC(=O)/C(N=Nc1ccccc1C)=C(/C)O. The first-order valence-electron chi connectivity index (χ1n) is 5.60. The molecule has 0 heterocycles. The van der Waals surface area contributed by atoms with Crippen LogP contribution in [0.2, 0.25) is 0 Å². The number of benzene rings is 1. The molecule has 0 spiro atoms. The summed E-state index contributed by atoms with van der Waals surface area (Å²) in [4.78, 5) is 11.5. The molecule has 1 aromatic carbocycles. The van der Waals surface area contributed by atoms with Crippen LogP contribution in [0.25, 0.3) is 0 Å². The second-order valence-electron chi connectivity index (χ2n) is 3.64. The zero-order chi connectivity index (χ0) is 13.5. The number of hydrogen-bond acceptors (Lipinski definition) is 5. The number of aryl methyl sites for hydroxylation is 1. The van der Waals surface area contributed by atoms with E-state index in [-0.39, 0.29) is 18.1 Å². The van der Waals surface area contributed by atoms with E-state index in [4.69, 9.17) is 4.74 Å². The maximum atomic E-state index is 11.5. The van der Waals surface area contributed by atoms with Gasteiger partial charge in [0.05, 0.1) is 12.3 Å². The summed E-state index contributed by atoms with van der Waals surface area (Å²) in [6, 6.07) is 7.36. The first-order chi connectivity index (χ1) is 8.56. The molecular weight excluding hydrogens is 232 g/mol. The van der Waals surface area contributed by atoms with Gasteiger partial charge in [-0.2, -0.15) is 0 Å². The molecule has 0 aliphatic rings. The molecule has 1 aromatic rings. The van der Waals surface area contributed by atoms with Crippen LogP contribution >= 0.6 is 0 Å². The number of esters is 1. The number of azo groups is 1. The lowest BCUT2D eigenvalue weighted by molar-refractivity contribution is -0.138. The number of nitrogens with zero attached hydrogens (tertiary/aromatic N) is 2. The predicted molar refractivity (Wildman–Crippen MR) is 67.7 cm³/mol. The molecule has 1 N–H and O–H groups in total. The highest BCUT2D eigenvalue weighted by molar-refractivity contribution is 5.88. The Bertz CT molecular complexity index is 489. The van der Waals surface area contributed by atoms with Gasteiger partial charge in [-0.15, -0.1) is 10.2 Å². The third-order valence-corrected chi connectivity index (χ3v) is 2.18. The molecule has 1 rings (SSSR count). The van der Waals surface area contributed by atoms with E-state index >= 15 is 0 Å². The summed E-state index contributed by atoms with van der Waals surface area (Å²) in [6.45, 7) is 5.15. The Morgan fingerprint density at radius 2 is 2.06 bits per heavy atom. The Morgan fingerprint density at radius 1 is 1.39 bits per heavy atom. The van der Waals surface area contributed by atoms with Crippen molar-refractivity contribution in [1.82, 2.24) is 0 Å². The molecule has 0 atom stereocenters. The van der Waals surface area contributed by atoms with Crippen molar-refractivity contribution in [3.8, 4) is 0 Å². The largest absolute Gasteiger partial charge is 0.510 e. The predicted octanol–water partition coefficient (Wildman–Crippen LogP) is 3.43. The van der Waals surface area contributed by atoms with Crippen molar-refractivity contribution in [2.45, 2.75) is 20.8 Å². The van der Waals surface area contributed by atoms with Crippen LogP contribution in [0.1, 0.15) is 19.4 Å². The zero-order valence-electron chi connectivity index (χ0n) is 10.7. The van der Waals surface area contributed by atoms with Crippen LogP contribution in [0, 0.1) is 6.92 Å². The van der Waals surface area contributed by atoms with Crippen molar-refractivity contribution in [1.29, 1.82) is 0 Å². The van der Waals surface area contributed by atoms with Crippen molar-refractivity contribution in [3.63, 3.8) is 0 Å². The fourth-order valence-corrected chi connectivity index (χ4v) is 1.24. The number of carbonyl (C=O) groups excluding carboxylic acids is 1. The molecule has 0 unspecified atom stereocenters. The fourth-order valence-electron chi connectivity index (χ4n) is 1.24. The standard InChI is InChI=1S/C13H16N2O3/c1-4-18-13(17)12(10(3)16)15-14-11-8-6-5-7-9(11)2/h5-8,16H,4H2,1-3H3/b12-10+,15-14?. The summed E-state index contributed by atoms with van der Waals surface area (Å²) in [6.07, 6.45) is 0. The molecule has 0 aromatic heterocycles. The molecule has 0 amide bonds. The quantitative estimate of drug-likeness (QED) is 0.384. The third-order valence-electron chi connectivity index (χ3n) is 2.18. The summed E-state index contributed by atoms with van der Waals surface area (Å²) >= 11 is 0. The first-order valence-corrected chi connectivity index (χ1v) is 5.60. The Labute approximate surface area is 106 Å². The highest BCUT2D eigenvalue weighted by Crippen LogP contribution is 2.19. The van der Waals surface area contributed by atoms with E-state index in [1.807, 2.05) is 25.1 Å². The molecule has 18 heavy (non-hydrogen) atoms. The van der Waals surface area contributed by atoms with Gasteiger partial charge >= 0.3 is 5.97 Å². The van der Waals surface area contributed by atoms with E-state index in [0.29, 0.717) is 5.69 Å².